The molecule has 0 saturated carbocycles. The summed E-state index contributed by atoms with van der Waals surface area (Å²) in [4.78, 5) is 26.8. The largest absolute Gasteiger partial charge is 0.480 e. The standard InChI is InChI=1S/C11H13BrN2O3S/c1-18-6-5-8(11(16)17)14-10(15)7-3-2-4-9(12)13-7/h2-4,8H,5-6H2,1H3,(H,14,15)(H,16,17)/t8-/m0/s1. The van der Waals surface area contributed by atoms with Gasteiger partial charge >= 0.3 is 5.97 Å². The molecule has 2 N–H and O–H groups in total. The lowest BCUT2D eigenvalue weighted by Crippen LogP contribution is -2.41. The Hall–Kier alpha value is -1.08. The Kier molecular flexibility index (Phi) is 6.14. The maximum absolute atomic E-state index is 11.8. The summed E-state index contributed by atoms with van der Waals surface area (Å²) < 4.78 is 0.533. The number of aromatic nitrogens is 1. The average Bonchev–Trinajstić information content (AvgIpc) is 2.33. The fraction of sp³-hybridized carbons (Fsp3) is 0.364. The first-order valence-electron chi connectivity index (χ1n) is 5.19. The van der Waals surface area contributed by atoms with Crippen molar-refractivity contribution in [3.8, 4) is 0 Å². The van der Waals surface area contributed by atoms with E-state index in [2.05, 4.69) is 26.2 Å². The molecule has 0 bridgehead atoms. The minimum absolute atomic E-state index is 0.194. The van der Waals surface area contributed by atoms with Crippen LogP contribution in [-0.2, 0) is 4.79 Å². The average molecular weight is 333 g/mol. The van der Waals surface area contributed by atoms with E-state index in [-0.39, 0.29) is 5.69 Å². The lowest BCUT2D eigenvalue weighted by molar-refractivity contribution is -0.139. The van der Waals surface area contributed by atoms with Crippen molar-refractivity contribution in [1.29, 1.82) is 0 Å². The Morgan fingerprint density at radius 1 is 1.56 bits per heavy atom. The molecule has 1 heterocycles. The number of rotatable bonds is 6. The van der Waals surface area contributed by atoms with Crippen molar-refractivity contribution in [2.75, 3.05) is 12.0 Å². The van der Waals surface area contributed by atoms with Gasteiger partial charge in [-0.05, 0) is 46.5 Å². The molecular weight excluding hydrogens is 320 g/mol. The van der Waals surface area contributed by atoms with E-state index in [1.165, 1.54) is 17.8 Å². The summed E-state index contributed by atoms with van der Waals surface area (Å²) in [5.41, 5.74) is 0.194. The van der Waals surface area contributed by atoms with Crippen LogP contribution in [0.1, 0.15) is 16.9 Å². The summed E-state index contributed by atoms with van der Waals surface area (Å²) in [6.07, 6.45) is 2.27. The van der Waals surface area contributed by atoms with E-state index in [1.54, 1.807) is 12.1 Å². The van der Waals surface area contributed by atoms with Crippen LogP contribution in [0.3, 0.4) is 0 Å². The van der Waals surface area contributed by atoms with E-state index >= 15 is 0 Å². The van der Waals surface area contributed by atoms with Crippen molar-refractivity contribution in [3.63, 3.8) is 0 Å². The Balaban J connectivity index is 2.69. The number of carboxylic acids is 1. The van der Waals surface area contributed by atoms with Crippen molar-refractivity contribution in [1.82, 2.24) is 10.3 Å². The molecule has 0 spiro atoms. The molecule has 1 rings (SSSR count). The van der Waals surface area contributed by atoms with Gasteiger partial charge in [0.2, 0.25) is 0 Å². The third-order valence-corrected chi connectivity index (χ3v) is 3.25. The Bertz CT molecular complexity index is 442. The number of nitrogens with zero attached hydrogens (tertiary/aromatic N) is 1. The van der Waals surface area contributed by atoms with E-state index in [0.717, 1.165) is 0 Å². The van der Waals surface area contributed by atoms with Crippen LogP contribution in [0.15, 0.2) is 22.8 Å². The van der Waals surface area contributed by atoms with E-state index in [9.17, 15) is 9.59 Å². The molecule has 0 aliphatic carbocycles. The van der Waals surface area contributed by atoms with Crippen LogP contribution in [0.4, 0.5) is 0 Å². The van der Waals surface area contributed by atoms with E-state index < -0.39 is 17.9 Å². The SMILES string of the molecule is CSCC[C@H](NC(=O)c1cccc(Br)n1)C(=O)O. The van der Waals surface area contributed by atoms with Gasteiger partial charge in [0.1, 0.15) is 16.3 Å². The van der Waals surface area contributed by atoms with Gasteiger partial charge in [0.15, 0.2) is 0 Å². The molecule has 0 radical (unpaired) electrons. The molecule has 0 fully saturated rings. The van der Waals surface area contributed by atoms with Crippen LogP contribution >= 0.6 is 27.7 Å². The molecule has 7 heteroatoms. The number of carboxylic acid groups (broad SMARTS) is 1. The summed E-state index contributed by atoms with van der Waals surface area (Å²) in [6.45, 7) is 0. The molecule has 0 aromatic carbocycles. The molecule has 1 aromatic rings. The fourth-order valence-electron chi connectivity index (χ4n) is 1.26. The fourth-order valence-corrected chi connectivity index (χ4v) is 2.08. The van der Waals surface area contributed by atoms with Gasteiger partial charge in [-0.15, -0.1) is 0 Å². The van der Waals surface area contributed by atoms with Gasteiger partial charge in [-0.3, -0.25) is 4.79 Å². The summed E-state index contributed by atoms with van der Waals surface area (Å²) >= 11 is 4.69. The number of nitrogens with one attached hydrogen (secondary N) is 1. The van der Waals surface area contributed by atoms with Crippen LogP contribution in [0.5, 0.6) is 0 Å². The zero-order valence-corrected chi connectivity index (χ0v) is 12.1. The van der Waals surface area contributed by atoms with Crippen LogP contribution < -0.4 is 5.32 Å². The molecular formula is C11H13BrN2O3S. The van der Waals surface area contributed by atoms with Crippen LogP contribution in [0.2, 0.25) is 0 Å². The number of carbonyl (C=O) groups excluding carboxylic acids is 1. The van der Waals surface area contributed by atoms with Gasteiger partial charge in [0.25, 0.3) is 5.91 Å². The minimum atomic E-state index is -1.03. The topological polar surface area (TPSA) is 79.3 Å². The van der Waals surface area contributed by atoms with Crippen molar-refractivity contribution in [2.24, 2.45) is 0 Å². The number of halogens is 1. The number of pyridine rings is 1. The molecule has 1 aromatic heterocycles. The van der Waals surface area contributed by atoms with Gasteiger partial charge in [0, 0.05) is 0 Å². The normalized spacial score (nSPS) is 11.9. The zero-order valence-electron chi connectivity index (χ0n) is 9.72. The highest BCUT2D eigenvalue weighted by atomic mass is 79.9. The molecule has 5 nitrogen and oxygen atoms in total. The predicted molar refractivity (Wildman–Crippen MR) is 73.8 cm³/mol. The molecule has 0 aliphatic rings. The van der Waals surface area contributed by atoms with Crippen molar-refractivity contribution < 1.29 is 14.7 Å². The number of carbonyl (C=O) groups is 2. The minimum Gasteiger partial charge on any atom is -0.480 e. The monoisotopic (exact) mass is 332 g/mol. The summed E-state index contributed by atoms with van der Waals surface area (Å²) in [5, 5.41) is 11.5. The number of thioether (sulfide) groups is 1. The van der Waals surface area contributed by atoms with Gasteiger partial charge in [0.05, 0.1) is 0 Å². The van der Waals surface area contributed by atoms with Crippen LogP contribution in [0, 0.1) is 0 Å². The molecule has 1 amide bonds. The lowest BCUT2D eigenvalue weighted by Gasteiger charge is -2.13. The maximum atomic E-state index is 11.8. The van der Waals surface area contributed by atoms with E-state index in [0.29, 0.717) is 16.8 Å². The summed E-state index contributed by atoms with van der Waals surface area (Å²) in [7, 11) is 0. The summed E-state index contributed by atoms with van der Waals surface area (Å²) in [6, 6.07) is 4.02. The first kappa shape index (κ1) is 15.0. The summed E-state index contributed by atoms with van der Waals surface area (Å²) in [5.74, 6) is -0.847. The Labute approximate surface area is 117 Å². The molecule has 0 saturated heterocycles. The van der Waals surface area contributed by atoms with Gasteiger partial charge in [-0.2, -0.15) is 11.8 Å². The highest BCUT2D eigenvalue weighted by Crippen LogP contribution is 2.07. The third kappa shape index (κ3) is 4.66. The smallest absolute Gasteiger partial charge is 0.326 e. The van der Waals surface area contributed by atoms with Crippen LogP contribution in [0.25, 0.3) is 0 Å². The number of amides is 1. The van der Waals surface area contributed by atoms with Crippen molar-refractivity contribution >= 4 is 39.6 Å². The number of hydrogen-bond acceptors (Lipinski definition) is 4. The van der Waals surface area contributed by atoms with Gasteiger partial charge in [-0.1, -0.05) is 6.07 Å². The quantitative estimate of drug-likeness (QED) is 0.776. The second-order valence-electron chi connectivity index (χ2n) is 3.49. The second kappa shape index (κ2) is 7.38. The molecule has 0 unspecified atom stereocenters. The first-order chi connectivity index (χ1) is 8.54. The highest BCUT2D eigenvalue weighted by molar-refractivity contribution is 9.10. The van der Waals surface area contributed by atoms with E-state index in [1.807, 2.05) is 6.26 Å². The molecule has 0 aliphatic heterocycles. The highest BCUT2D eigenvalue weighted by Gasteiger charge is 2.20. The van der Waals surface area contributed by atoms with Gasteiger partial charge in [-0.25, -0.2) is 9.78 Å². The lowest BCUT2D eigenvalue weighted by atomic mass is 10.2. The van der Waals surface area contributed by atoms with Crippen molar-refractivity contribution in [3.05, 3.63) is 28.5 Å². The van der Waals surface area contributed by atoms with E-state index in [4.69, 9.17) is 5.11 Å². The molecule has 1 atom stereocenters. The van der Waals surface area contributed by atoms with Crippen LogP contribution in [-0.4, -0.2) is 40.0 Å². The molecule has 98 valence electrons. The third-order valence-electron chi connectivity index (χ3n) is 2.16. The Morgan fingerprint density at radius 2 is 2.28 bits per heavy atom. The number of hydrogen-bond donors (Lipinski definition) is 2. The Morgan fingerprint density at radius 3 is 2.83 bits per heavy atom. The maximum Gasteiger partial charge on any atom is 0.326 e. The first-order valence-corrected chi connectivity index (χ1v) is 7.38. The molecule has 18 heavy (non-hydrogen) atoms. The number of aliphatic carboxylic acids is 1. The second-order valence-corrected chi connectivity index (χ2v) is 5.29. The van der Waals surface area contributed by atoms with Gasteiger partial charge < -0.3 is 10.4 Å². The predicted octanol–water partition coefficient (Wildman–Crippen LogP) is 1.78. The zero-order chi connectivity index (χ0) is 13.5. The van der Waals surface area contributed by atoms with Crippen molar-refractivity contribution in [2.45, 2.75) is 12.5 Å².